The van der Waals surface area contributed by atoms with E-state index in [1.165, 1.54) is 28.2 Å². The minimum absolute atomic E-state index is 0.194. The average Bonchev–Trinajstić information content (AvgIpc) is 3.41. The van der Waals surface area contributed by atoms with Crippen LogP contribution in [-0.2, 0) is 0 Å². The predicted octanol–water partition coefficient (Wildman–Crippen LogP) is 6.37. The molecule has 0 bridgehead atoms. The highest BCUT2D eigenvalue weighted by Crippen LogP contribution is 2.43. The third-order valence-corrected chi connectivity index (χ3v) is 6.46. The Hall–Kier alpha value is -1.95. The largest absolute Gasteiger partial charge is 0.329 e. The smallest absolute Gasteiger partial charge is 0.225 e. The molecular formula is C20H16Cl2N4S. The first-order valence-corrected chi connectivity index (χ1v) is 10.5. The molecule has 1 fully saturated rings. The molecule has 2 atom stereocenters. The van der Waals surface area contributed by atoms with E-state index in [4.69, 9.17) is 23.2 Å². The standard InChI is InChI=1S/C20H16Cl2N4S/c21-18-17-6-7-26(19(17)25-20(22)24-18)16-5-4-14(9-16)12-2-1-3-13(8-12)15-10-23-27-11-15/h1-3,6-8,10-11,14,16H,4-5,9H2. The Balaban J connectivity index is 1.43. The van der Waals surface area contributed by atoms with E-state index in [-0.39, 0.29) is 5.28 Å². The summed E-state index contributed by atoms with van der Waals surface area (Å²) in [4.78, 5) is 8.45. The van der Waals surface area contributed by atoms with Crippen molar-refractivity contribution in [2.75, 3.05) is 0 Å². The zero-order valence-corrected chi connectivity index (χ0v) is 16.7. The maximum Gasteiger partial charge on any atom is 0.225 e. The average molecular weight is 415 g/mol. The monoisotopic (exact) mass is 414 g/mol. The quantitative estimate of drug-likeness (QED) is 0.288. The fourth-order valence-corrected chi connectivity index (χ4v) is 5.08. The molecule has 4 aromatic rings. The van der Waals surface area contributed by atoms with Crippen LogP contribution in [0.5, 0.6) is 0 Å². The summed E-state index contributed by atoms with van der Waals surface area (Å²) < 4.78 is 6.43. The first-order valence-electron chi connectivity index (χ1n) is 8.88. The normalized spacial score (nSPS) is 19.8. The summed E-state index contributed by atoms with van der Waals surface area (Å²) in [6, 6.07) is 11.2. The van der Waals surface area contributed by atoms with Gasteiger partial charge in [-0.25, -0.2) is 9.36 Å². The molecule has 0 N–H and O–H groups in total. The van der Waals surface area contributed by atoms with Gasteiger partial charge < -0.3 is 4.57 Å². The Bertz CT molecular complexity index is 1110. The van der Waals surface area contributed by atoms with Gasteiger partial charge in [-0.1, -0.05) is 35.9 Å². The number of nitrogens with zero attached hydrogens (tertiary/aromatic N) is 4. The molecule has 4 nitrogen and oxygen atoms in total. The van der Waals surface area contributed by atoms with Crippen LogP contribution in [-0.4, -0.2) is 18.9 Å². The second kappa shape index (κ2) is 6.89. The fourth-order valence-electron chi connectivity index (χ4n) is 4.10. The fraction of sp³-hybridized carbons (Fsp3) is 0.250. The maximum absolute atomic E-state index is 6.22. The number of halogens is 2. The van der Waals surface area contributed by atoms with Gasteiger partial charge >= 0.3 is 0 Å². The SMILES string of the molecule is Clc1nc(Cl)c2ccn(C3CCC(c4cccc(-c5cnsc5)c4)C3)c2n1. The molecule has 1 aromatic carbocycles. The molecule has 0 saturated heterocycles. The molecule has 0 aliphatic heterocycles. The molecule has 0 amide bonds. The number of hydrogen-bond acceptors (Lipinski definition) is 4. The zero-order chi connectivity index (χ0) is 18.4. The van der Waals surface area contributed by atoms with Gasteiger partial charge in [0.2, 0.25) is 5.28 Å². The van der Waals surface area contributed by atoms with Crippen LogP contribution in [0.2, 0.25) is 10.4 Å². The predicted molar refractivity (Wildman–Crippen MR) is 111 cm³/mol. The van der Waals surface area contributed by atoms with Gasteiger partial charge in [0.15, 0.2) is 0 Å². The summed E-state index contributed by atoms with van der Waals surface area (Å²) in [6.45, 7) is 0. The molecule has 2 unspecified atom stereocenters. The molecule has 0 spiro atoms. The molecule has 3 heterocycles. The zero-order valence-electron chi connectivity index (χ0n) is 14.3. The minimum atomic E-state index is 0.194. The lowest BCUT2D eigenvalue weighted by Crippen LogP contribution is -2.05. The van der Waals surface area contributed by atoms with Gasteiger partial charge in [0.1, 0.15) is 10.8 Å². The van der Waals surface area contributed by atoms with Crippen molar-refractivity contribution >= 4 is 45.8 Å². The lowest BCUT2D eigenvalue weighted by atomic mass is 9.94. The molecule has 1 saturated carbocycles. The molecule has 1 aliphatic rings. The Kier molecular flexibility index (Phi) is 4.38. The van der Waals surface area contributed by atoms with Gasteiger partial charge in [-0.15, -0.1) is 0 Å². The van der Waals surface area contributed by atoms with Crippen LogP contribution in [0.4, 0.5) is 0 Å². The molecule has 7 heteroatoms. The third-order valence-electron chi connectivity index (χ3n) is 5.42. The first-order chi connectivity index (χ1) is 13.2. The summed E-state index contributed by atoms with van der Waals surface area (Å²) in [5.41, 5.74) is 4.64. The maximum atomic E-state index is 6.22. The van der Waals surface area contributed by atoms with Gasteiger partial charge in [0, 0.05) is 29.4 Å². The second-order valence-corrected chi connectivity index (χ2v) is 8.30. The first kappa shape index (κ1) is 17.2. The number of hydrogen-bond donors (Lipinski definition) is 0. The van der Waals surface area contributed by atoms with E-state index in [9.17, 15) is 0 Å². The van der Waals surface area contributed by atoms with Crippen LogP contribution in [0.25, 0.3) is 22.2 Å². The lowest BCUT2D eigenvalue weighted by molar-refractivity contribution is 0.523. The van der Waals surface area contributed by atoms with Crippen molar-refractivity contribution in [2.45, 2.75) is 31.2 Å². The van der Waals surface area contributed by atoms with E-state index in [1.807, 2.05) is 12.3 Å². The highest BCUT2D eigenvalue weighted by atomic mass is 35.5. The molecule has 3 aromatic heterocycles. The van der Waals surface area contributed by atoms with Crippen molar-refractivity contribution in [3.05, 3.63) is 64.1 Å². The van der Waals surface area contributed by atoms with Crippen LogP contribution in [0.3, 0.4) is 0 Å². The van der Waals surface area contributed by atoms with Gasteiger partial charge in [-0.05, 0) is 65.5 Å². The van der Waals surface area contributed by atoms with Crippen LogP contribution in [0, 0.1) is 0 Å². The summed E-state index contributed by atoms with van der Waals surface area (Å²) >= 11 is 13.7. The molecular weight excluding hydrogens is 399 g/mol. The molecule has 5 rings (SSSR count). The highest BCUT2D eigenvalue weighted by molar-refractivity contribution is 7.03. The van der Waals surface area contributed by atoms with Gasteiger partial charge in [0.05, 0.1) is 5.39 Å². The van der Waals surface area contributed by atoms with Crippen LogP contribution in [0.15, 0.2) is 48.1 Å². The number of benzene rings is 1. The number of rotatable bonds is 3. The molecule has 1 aliphatic carbocycles. The summed E-state index contributed by atoms with van der Waals surface area (Å²) in [6.07, 6.45) is 7.33. The van der Waals surface area contributed by atoms with Crippen molar-refractivity contribution < 1.29 is 0 Å². The van der Waals surface area contributed by atoms with E-state index >= 15 is 0 Å². The van der Waals surface area contributed by atoms with Gasteiger partial charge in [0.25, 0.3) is 0 Å². The van der Waals surface area contributed by atoms with Crippen molar-refractivity contribution in [2.24, 2.45) is 0 Å². The molecule has 27 heavy (non-hydrogen) atoms. The molecule has 136 valence electrons. The second-order valence-electron chi connectivity index (χ2n) is 6.95. The van der Waals surface area contributed by atoms with E-state index in [0.29, 0.717) is 17.1 Å². The highest BCUT2D eigenvalue weighted by Gasteiger charge is 2.28. The van der Waals surface area contributed by atoms with Crippen molar-refractivity contribution in [3.63, 3.8) is 0 Å². The molecule has 0 radical (unpaired) electrons. The van der Waals surface area contributed by atoms with E-state index in [0.717, 1.165) is 30.3 Å². The van der Waals surface area contributed by atoms with Gasteiger partial charge in [-0.3, -0.25) is 0 Å². The van der Waals surface area contributed by atoms with Crippen LogP contribution in [0.1, 0.15) is 36.8 Å². The van der Waals surface area contributed by atoms with Crippen molar-refractivity contribution in [1.29, 1.82) is 0 Å². The number of fused-ring (bicyclic) bond motifs is 1. The van der Waals surface area contributed by atoms with E-state index < -0.39 is 0 Å². The Morgan fingerprint density at radius 1 is 1.07 bits per heavy atom. The van der Waals surface area contributed by atoms with E-state index in [2.05, 4.69) is 54.8 Å². The summed E-state index contributed by atoms with van der Waals surface area (Å²) in [5.74, 6) is 0.534. The lowest BCUT2D eigenvalue weighted by Gasteiger charge is -2.15. The Morgan fingerprint density at radius 2 is 2.00 bits per heavy atom. The van der Waals surface area contributed by atoms with Crippen LogP contribution < -0.4 is 0 Å². The minimum Gasteiger partial charge on any atom is -0.329 e. The van der Waals surface area contributed by atoms with E-state index in [1.54, 1.807) is 0 Å². The van der Waals surface area contributed by atoms with Crippen LogP contribution >= 0.6 is 34.7 Å². The summed E-state index contributed by atoms with van der Waals surface area (Å²) in [7, 11) is 0. The van der Waals surface area contributed by atoms with Crippen molar-refractivity contribution in [3.8, 4) is 11.1 Å². The topological polar surface area (TPSA) is 43.6 Å². The summed E-state index contributed by atoms with van der Waals surface area (Å²) in [5, 5.41) is 3.56. The third kappa shape index (κ3) is 3.14. The van der Waals surface area contributed by atoms with Crippen molar-refractivity contribution in [1.82, 2.24) is 18.9 Å². The Labute approximate surface area is 171 Å². The Morgan fingerprint density at radius 3 is 2.85 bits per heavy atom. The number of aromatic nitrogens is 4. The van der Waals surface area contributed by atoms with Gasteiger partial charge in [-0.2, -0.15) is 4.98 Å².